The normalized spacial score (nSPS) is 20.6. The highest BCUT2D eigenvalue weighted by Crippen LogP contribution is 2.35. The third kappa shape index (κ3) is 7.47. The number of rotatable bonds is 5. The van der Waals surface area contributed by atoms with E-state index >= 15 is 0 Å². The molecule has 0 saturated carbocycles. The number of carbonyl (C=O) groups excluding carboxylic acids is 2. The van der Waals surface area contributed by atoms with Crippen LogP contribution in [-0.4, -0.2) is 77.6 Å². The van der Waals surface area contributed by atoms with Crippen molar-refractivity contribution in [1.82, 2.24) is 19.8 Å². The van der Waals surface area contributed by atoms with Crippen LogP contribution in [0.2, 0.25) is 0 Å². The highest BCUT2D eigenvalue weighted by Gasteiger charge is 2.37. The van der Waals surface area contributed by atoms with E-state index < -0.39 is 0 Å². The first-order chi connectivity index (χ1) is 22.1. The van der Waals surface area contributed by atoms with Gasteiger partial charge in [0.05, 0.1) is 6.04 Å². The molecule has 246 valence electrons. The van der Waals surface area contributed by atoms with Crippen LogP contribution >= 0.6 is 0 Å². The highest BCUT2D eigenvalue weighted by molar-refractivity contribution is 5.74. The van der Waals surface area contributed by atoms with Gasteiger partial charge < -0.3 is 23.7 Å². The maximum absolute atomic E-state index is 11.6. The molecule has 0 N–H and O–H groups in total. The Kier molecular flexibility index (Phi) is 10.6. The van der Waals surface area contributed by atoms with E-state index in [9.17, 15) is 9.59 Å². The van der Waals surface area contributed by atoms with Gasteiger partial charge in [0.2, 0.25) is 0 Å². The summed E-state index contributed by atoms with van der Waals surface area (Å²) in [5.74, 6) is 2.41. The largest absolute Gasteiger partial charge is 0.484 e. The zero-order valence-electron chi connectivity index (χ0n) is 24.5. The molecule has 11 heteroatoms. The number of cyclic esters (lactones) is 1. The molecule has 1 amide bonds. The van der Waals surface area contributed by atoms with E-state index in [1.807, 2.05) is 35.2 Å². The summed E-state index contributed by atoms with van der Waals surface area (Å²) in [5, 5.41) is 0. The molecule has 4 aromatic rings. The fourth-order valence-corrected chi connectivity index (χ4v) is 5.73. The molecular weight excluding hydrogens is 600 g/mol. The molecule has 0 aliphatic carbocycles. The second-order valence-corrected chi connectivity index (χ2v) is 11.1. The van der Waals surface area contributed by atoms with Crippen LogP contribution in [0.3, 0.4) is 0 Å². The summed E-state index contributed by atoms with van der Waals surface area (Å²) in [6.07, 6.45) is 3.68. The molecule has 2 saturated heterocycles. The van der Waals surface area contributed by atoms with Gasteiger partial charge in [-0.15, -0.1) is 0 Å². The van der Waals surface area contributed by atoms with Crippen LogP contribution in [0.4, 0.5) is 4.79 Å². The van der Waals surface area contributed by atoms with E-state index in [1.165, 1.54) is 5.56 Å². The third-order valence-corrected chi connectivity index (χ3v) is 8.16. The maximum Gasteiger partial charge on any atom is 0.410 e. The molecule has 0 unspecified atom stereocenters. The third-order valence-electron chi connectivity index (χ3n) is 8.16. The number of piperazine rings is 1. The second kappa shape index (κ2) is 15.0. The topological polar surface area (TPSA) is 113 Å². The number of fused-ring (bicyclic) bond motifs is 3. The molecule has 3 atom stereocenters. The molecule has 6 heterocycles. The van der Waals surface area contributed by atoms with Gasteiger partial charge in [0.15, 0.2) is 23.7 Å². The molecule has 0 radical (unpaired) electrons. The number of hydrogen-bond acceptors (Lipinski definition) is 10. The lowest BCUT2D eigenvalue weighted by Gasteiger charge is -2.35. The predicted octanol–water partition coefficient (Wildman–Crippen LogP) is 5.91. The van der Waals surface area contributed by atoms with Gasteiger partial charge in [-0.05, 0) is 41.0 Å². The quantitative estimate of drug-likeness (QED) is 0.244. The number of nitrogens with zero attached hydrogens (tertiary/aromatic N) is 4. The standard InChI is InChI=1S/C20H21N3O4.C14H11NO3.2CH4/c24-20-23-9-8-22(11-16(23)12-26-20)10-14-3-5-15(6-4-14)18-13-25-17-2-1-7-21-19(17)27-18;16-8-10-3-5-11(6-4-10)13-9-17-12-2-1-7-15-14(12)18-13;;/h1-7,16,18H,8-13H2;1-8,13H,9H2;2*1H4/t16-,18-;13-;;/m11../s1. The van der Waals surface area contributed by atoms with Crippen molar-refractivity contribution in [2.45, 2.75) is 39.6 Å². The average molecular weight is 641 g/mol. The van der Waals surface area contributed by atoms with Crippen molar-refractivity contribution in [3.05, 3.63) is 107 Å². The Morgan fingerprint density at radius 3 is 1.87 bits per heavy atom. The predicted molar refractivity (Wildman–Crippen MR) is 175 cm³/mol. The van der Waals surface area contributed by atoms with Crippen molar-refractivity contribution >= 4 is 12.4 Å². The summed E-state index contributed by atoms with van der Waals surface area (Å²) < 4.78 is 28.2. The van der Waals surface area contributed by atoms with Gasteiger partial charge in [-0.25, -0.2) is 14.8 Å². The monoisotopic (exact) mass is 640 g/mol. The summed E-state index contributed by atoms with van der Waals surface area (Å²) in [6, 6.07) is 23.2. The van der Waals surface area contributed by atoms with E-state index in [1.54, 1.807) is 30.6 Å². The minimum atomic E-state index is -0.187. The Morgan fingerprint density at radius 2 is 1.30 bits per heavy atom. The molecule has 2 aromatic heterocycles. The Morgan fingerprint density at radius 1 is 0.723 bits per heavy atom. The van der Waals surface area contributed by atoms with Crippen LogP contribution in [0.1, 0.15) is 54.1 Å². The summed E-state index contributed by atoms with van der Waals surface area (Å²) in [6.45, 7) is 4.76. The number of hydrogen-bond donors (Lipinski definition) is 0. The van der Waals surface area contributed by atoms with Crippen molar-refractivity contribution < 1.29 is 33.3 Å². The molecular formula is C36H40N4O7. The average Bonchev–Trinajstić information content (AvgIpc) is 3.48. The number of benzene rings is 2. The van der Waals surface area contributed by atoms with E-state index in [2.05, 4.69) is 39.1 Å². The Bertz CT molecular complexity index is 1650. The van der Waals surface area contributed by atoms with Crippen molar-refractivity contribution in [2.24, 2.45) is 0 Å². The van der Waals surface area contributed by atoms with E-state index in [4.69, 9.17) is 23.7 Å². The summed E-state index contributed by atoms with van der Waals surface area (Å²) >= 11 is 0. The number of ether oxygens (including phenoxy) is 5. The lowest BCUT2D eigenvalue weighted by Crippen LogP contribution is -2.51. The first kappa shape index (κ1) is 33.2. The van der Waals surface area contributed by atoms with Gasteiger partial charge >= 0.3 is 6.09 Å². The maximum atomic E-state index is 11.6. The van der Waals surface area contributed by atoms with Crippen molar-refractivity contribution in [3.63, 3.8) is 0 Å². The Labute approximate surface area is 275 Å². The molecule has 47 heavy (non-hydrogen) atoms. The lowest BCUT2D eigenvalue weighted by molar-refractivity contribution is 0.0850. The van der Waals surface area contributed by atoms with Gasteiger partial charge in [-0.3, -0.25) is 14.6 Å². The first-order valence-corrected chi connectivity index (χ1v) is 14.9. The number of pyridine rings is 2. The molecule has 2 aromatic carbocycles. The van der Waals surface area contributed by atoms with Gasteiger partial charge in [0.1, 0.15) is 26.1 Å². The van der Waals surface area contributed by atoms with E-state index in [0.29, 0.717) is 48.6 Å². The molecule has 4 aliphatic rings. The van der Waals surface area contributed by atoms with Crippen LogP contribution in [0, 0.1) is 0 Å². The van der Waals surface area contributed by atoms with Crippen LogP contribution in [-0.2, 0) is 11.3 Å². The number of aldehydes is 1. The van der Waals surface area contributed by atoms with Gasteiger partial charge in [0.25, 0.3) is 11.8 Å². The molecule has 2 fully saturated rings. The molecule has 8 rings (SSSR count). The minimum Gasteiger partial charge on any atom is -0.484 e. The smallest absolute Gasteiger partial charge is 0.410 e. The first-order valence-electron chi connectivity index (χ1n) is 14.9. The zero-order chi connectivity index (χ0) is 30.6. The number of carbonyl (C=O) groups is 2. The zero-order valence-corrected chi connectivity index (χ0v) is 24.5. The van der Waals surface area contributed by atoms with Gasteiger partial charge in [-0.2, -0.15) is 0 Å². The molecule has 4 aliphatic heterocycles. The lowest BCUT2D eigenvalue weighted by atomic mass is 10.1. The SMILES string of the molecule is C.C.O=C1OC[C@H]2CN(Cc3ccc([C@H]4COc5cccnc5O4)cc3)CCN12.O=Cc1ccc([C@H]2COc3cccnc3O2)cc1. The number of amides is 1. The van der Waals surface area contributed by atoms with Crippen LogP contribution in [0.25, 0.3) is 0 Å². The minimum absolute atomic E-state index is 0. The molecule has 0 bridgehead atoms. The van der Waals surface area contributed by atoms with Crippen molar-refractivity contribution in [1.29, 1.82) is 0 Å². The summed E-state index contributed by atoms with van der Waals surface area (Å²) in [7, 11) is 0. The summed E-state index contributed by atoms with van der Waals surface area (Å²) in [4.78, 5) is 34.8. The fraction of sp³-hybridized carbons (Fsp3) is 0.333. The van der Waals surface area contributed by atoms with E-state index in [-0.39, 0.29) is 39.2 Å². The van der Waals surface area contributed by atoms with Gasteiger partial charge in [-0.1, -0.05) is 63.4 Å². The van der Waals surface area contributed by atoms with Crippen LogP contribution in [0.5, 0.6) is 23.3 Å². The van der Waals surface area contributed by atoms with Crippen molar-refractivity contribution in [2.75, 3.05) is 39.5 Å². The second-order valence-electron chi connectivity index (χ2n) is 11.1. The van der Waals surface area contributed by atoms with E-state index in [0.717, 1.165) is 43.6 Å². The Hall–Kier alpha value is -5.16. The highest BCUT2D eigenvalue weighted by atomic mass is 16.6. The summed E-state index contributed by atoms with van der Waals surface area (Å²) in [5.41, 5.74) is 3.94. The Balaban J connectivity index is 0.000000190. The van der Waals surface area contributed by atoms with Crippen LogP contribution in [0.15, 0.2) is 85.2 Å². The fourth-order valence-electron chi connectivity index (χ4n) is 5.73. The van der Waals surface area contributed by atoms with Crippen molar-refractivity contribution in [3.8, 4) is 23.3 Å². The van der Waals surface area contributed by atoms with Crippen LogP contribution < -0.4 is 18.9 Å². The van der Waals surface area contributed by atoms with Gasteiger partial charge in [0, 0.05) is 44.1 Å². The molecule has 0 spiro atoms. The molecule has 11 nitrogen and oxygen atoms in total. The number of aromatic nitrogens is 2.